The van der Waals surface area contributed by atoms with Gasteiger partial charge in [-0.3, -0.25) is 0 Å². The van der Waals surface area contributed by atoms with E-state index in [2.05, 4.69) is 44.9 Å². The summed E-state index contributed by atoms with van der Waals surface area (Å²) >= 11 is -4.31. The van der Waals surface area contributed by atoms with Crippen molar-refractivity contribution in [2.24, 2.45) is 0 Å². The molecule has 0 spiro atoms. The molecule has 6 heteroatoms. The number of hydrogen-bond acceptors (Lipinski definition) is 3. The van der Waals surface area contributed by atoms with Gasteiger partial charge in [-0.1, -0.05) is 13.3 Å². The summed E-state index contributed by atoms with van der Waals surface area (Å²) in [7, 11) is 8.35. The second-order valence-electron chi connectivity index (χ2n) is 7.88. The first-order chi connectivity index (χ1) is 12.2. The van der Waals surface area contributed by atoms with Crippen LogP contribution in [0.4, 0.5) is 0 Å². The monoisotopic (exact) mass is 444 g/mol. The molecule has 0 atom stereocenters. The molecule has 0 unspecified atom stereocenters. The van der Waals surface area contributed by atoms with Crippen molar-refractivity contribution in [2.45, 2.75) is 89.3 Å². The van der Waals surface area contributed by atoms with Crippen molar-refractivity contribution in [1.29, 1.82) is 0 Å². The van der Waals surface area contributed by atoms with Crippen LogP contribution in [0.2, 0.25) is 5.32 Å². The van der Waals surface area contributed by atoms with Crippen LogP contribution < -0.4 is 0 Å². The molecule has 26 heavy (non-hydrogen) atoms. The van der Waals surface area contributed by atoms with Gasteiger partial charge >= 0.3 is 102 Å². The van der Waals surface area contributed by atoms with Crippen molar-refractivity contribution in [3.8, 4) is 0 Å². The Morgan fingerprint density at radius 2 is 0.923 bits per heavy atom. The summed E-state index contributed by atoms with van der Waals surface area (Å²) in [4.78, 5) is 4.36. The van der Waals surface area contributed by atoms with Gasteiger partial charge < -0.3 is 9.80 Å². The first-order valence-corrected chi connectivity index (χ1v) is 14.3. The van der Waals surface area contributed by atoms with E-state index < -0.39 is 13.4 Å². The summed E-state index contributed by atoms with van der Waals surface area (Å²) in [6.45, 7) is 4.54. The van der Waals surface area contributed by atoms with Gasteiger partial charge in [-0.15, -0.1) is 0 Å². The number of rotatable bonds is 16. The predicted octanol–water partition coefficient (Wildman–Crippen LogP) is 3.88. The van der Waals surface area contributed by atoms with E-state index in [-0.39, 0.29) is 5.32 Å². The zero-order valence-corrected chi connectivity index (χ0v) is 20.1. The molecule has 0 aromatic carbocycles. The third-order valence-corrected chi connectivity index (χ3v) is 6.18. The third kappa shape index (κ3) is 31.9. The molecule has 0 bridgehead atoms. The van der Waals surface area contributed by atoms with E-state index in [0.29, 0.717) is 6.42 Å². The van der Waals surface area contributed by atoms with Crippen LogP contribution in [-0.4, -0.2) is 72.9 Å². The molecule has 5 nitrogen and oxygen atoms in total. The van der Waals surface area contributed by atoms with E-state index in [9.17, 15) is 3.83 Å². The van der Waals surface area contributed by atoms with Crippen molar-refractivity contribution in [1.82, 2.24) is 9.80 Å². The van der Waals surface area contributed by atoms with Gasteiger partial charge in [0, 0.05) is 13.1 Å². The van der Waals surface area contributed by atoms with E-state index >= 15 is 0 Å². The Morgan fingerprint density at radius 1 is 0.615 bits per heavy atom. The molecule has 0 amide bonds. The van der Waals surface area contributed by atoms with E-state index in [0.717, 1.165) is 25.9 Å². The van der Waals surface area contributed by atoms with Crippen LogP contribution in [-0.2, 0) is 3.83 Å². The minimum Gasteiger partial charge on any atom is -0.308 e. The Bertz CT molecular complexity index is 312. The van der Waals surface area contributed by atoms with E-state index in [1.165, 1.54) is 57.8 Å². The molecule has 0 aromatic heterocycles. The molecular formula is C20H48N2O3Se. The van der Waals surface area contributed by atoms with E-state index in [1.54, 1.807) is 0 Å². The number of unbranched alkanes of at least 4 members (excludes halogenated alkanes) is 11. The maximum absolute atomic E-state index is 10.7. The molecule has 0 heterocycles. The molecule has 0 saturated carbocycles. The SMILES string of the molecule is CCCCCCCCCCCCCC[SeH](=O)(O)O.CN(C)CCN(C)C. The second kappa shape index (κ2) is 19.9. The maximum atomic E-state index is 10.7. The molecule has 2 N–H and O–H groups in total. The van der Waals surface area contributed by atoms with Crippen molar-refractivity contribution in [3.63, 3.8) is 0 Å². The summed E-state index contributed by atoms with van der Waals surface area (Å²) in [5.74, 6) is 0. The summed E-state index contributed by atoms with van der Waals surface area (Å²) in [6.07, 6.45) is 14.8. The van der Waals surface area contributed by atoms with Gasteiger partial charge in [0.2, 0.25) is 0 Å². The fourth-order valence-corrected chi connectivity index (χ4v) is 3.89. The minimum atomic E-state index is -4.31. The standard InChI is InChI=1S/C14H32O3Se.C6H16N2/c1-2-3-4-5-6-7-8-9-10-11-12-13-14-18(15,16)17;1-7(2)5-6-8(3)4/h18H,2-14H2,1H3,(H2,15,16,17);5-6H2,1-4H3. The maximum Gasteiger partial charge on any atom is 0.0103 e. The number of nitrogens with zero attached hydrogens (tertiary/aromatic N) is 2. The topological polar surface area (TPSA) is 64.0 Å². The normalized spacial score (nSPS) is 12.3. The Morgan fingerprint density at radius 3 is 1.19 bits per heavy atom. The van der Waals surface area contributed by atoms with Gasteiger partial charge in [-0.05, 0) is 28.2 Å². The van der Waals surface area contributed by atoms with Gasteiger partial charge in [-0.25, -0.2) is 0 Å². The van der Waals surface area contributed by atoms with Crippen molar-refractivity contribution in [3.05, 3.63) is 0 Å². The first kappa shape index (κ1) is 28.4. The summed E-state index contributed by atoms with van der Waals surface area (Å²) < 4.78 is 28.2. The quantitative estimate of drug-likeness (QED) is 0.280. The van der Waals surface area contributed by atoms with Crippen LogP contribution in [0.25, 0.3) is 0 Å². The zero-order valence-electron chi connectivity index (χ0n) is 18.3. The van der Waals surface area contributed by atoms with E-state index in [1.807, 2.05) is 0 Å². The van der Waals surface area contributed by atoms with Gasteiger partial charge in [0.15, 0.2) is 0 Å². The molecule has 0 aliphatic rings. The summed E-state index contributed by atoms with van der Waals surface area (Å²) in [5.41, 5.74) is 0. The van der Waals surface area contributed by atoms with Crippen molar-refractivity contribution < 1.29 is 12.2 Å². The van der Waals surface area contributed by atoms with Crippen LogP contribution >= 0.6 is 0 Å². The van der Waals surface area contributed by atoms with Crippen LogP contribution in [0, 0.1) is 0 Å². The largest absolute Gasteiger partial charge is 0.308 e. The summed E-state index contributed by atoms with van der Waals surface area (Å²) in [6, 6.07) is 0. The molecule has 0 radical (unpaired) electrons. The van der Waals surface area contributed by atoms with E-state index in [4.69, 9.17) is 8.38 Å². The average molecular weight is 444 g/mol. The Labute approximate surface area is 166 Å². The molecule has 0 aliphatic heterocycles. The van der Waals surface area contributed by atoms with Crippen LogP contribution in [0.15, 0.2) is 0 Å². The number of likely N-dealkylation sites (N-methyl/N-ethyl adjacent to an activating group) is 2. The molecule has 0 rings (SSSR count). The van der Waals surface area contributed by atoms with Crippen LogP contribution in [0.5, 0.6) is 0 Å². The smallest absolute Gasteiger partial charge is 0.0103 e. The summed E-state index contributed by atoms with van der Waals surface area (Å²) in [5, 5.41) is 0.121. The van der Waals surface area contributed by atoms with Gasteiger partial charge in [0.1, 0.15) is 0 Å². The molecule has 0 aliphatic carbocycles. The predicted molar refractivity (Wildman–Crippen MR) is 115 cm³/mol. The van der Waals surface area contributed by atoms with Gasteiger partial charge in [0.05, 0.1) is 0 Å². The zero-order chi connectivity index (χ0) is 20.3. The van der Waals surface area contributed by atoms with Crippen molar-refractivity contribution in [2.75, 3.05) is 41.3 Å². The molecule has 0 aromatic rings. The molecule has 0 fully saturated rings. The minimum absolute atomic E-state index is 0.121. The Hall–Kier alpha value is 0.159. The average Bonchev–Trinajstić information content (AvgIpc) is 2.53. The fourth-order valence-electron chi connectivity index (χ4n) is 2.56. The van der Waals surface area contributed by atoms with Gasteiger partial charge in [-0.2, -0.15) is 0 Å². The van der Waals surface area contributed by atoms with Gasteiger partial charge in [0.25, 0.3) is 0 Å². The van der Waals surface area contributed by atoms with Crippen LogP contribution in [0.1, 0.15) is 84.0 Å². The molecule has 0 saturated heterocycles. The van der Waals surface area contributed by atoms with Crippen molar-refractivity contribution >= 4 is 13.4 Å². The first-order valence-electron chi connectivity index (χ1n) is 10.5. The Balaban J connectivity index is 0. The second-order valence-corrected chi connectivity index (χ2v) is 11.6. The molecule has 162 valence electrons. The van der Waals surface area contributed by atoms with Crippen LogP contribution in [0.3, 0.4) is 0 Å². The molecular weight excluding hydrogens is 395 g/mol. The third-order valence-electron chi connectivity index (χ3n) is 4.30. The Kier molecular flexibility index (Phi) is 21.7. The number of hydrogen-bond donors (Lipinski definition) is 2. The fraction of sp³-hybridized carbons (Fsp3) is 1.00.